The summed E-state index contributed by atoms with van der Waals surface area (Å²) in [4.78, 5) is 30.3. The molecule has 0 aromatic heterocycles. The lowest BCUT2D eigenvalue weighted by atomic mass is 10.1. The van der Waals surface area contributed by atoms with E-state index in [1.807, 2.05) is 24.0 Å². The van der Waals surface area contributed by atoms with Crippen molar-refractivity contribution in [1.82, 2.24) is 15.1 Å². The van der Waals surface area contributed by atoms with Crippen molar-refractivity contribution < 1.29 is 14.7 Å². The summed E-state index contributed by atoms with van der Waals surface area (Å²) in [6.07, 6.45) is 0.446. The molecular weight excluding hydrogens is 320 g/mol. The molecule has 0 aliphatic carbocycles. The Labute approximate surface area is 148 Å². The largest absolute Gasteiger partial charge is 0.392 e. The second kappa shape index (κ2) is 7.84. The van der Waals surface area contributed by atoms with Gasteiger partial charge >= 0.3 is 6.03 Å². The minimum Gasteiger partial charge on any atom is -0.392 e. The second-order valence-electron chi connectivity index (χ2n) is 6.59. The van der Waals surface area contributed by atoms with Crippen molar-refractivity contribution in [3.63, 3.8) is 0 Å². The van der Waals surface area contributed by atoms with E-state index < -0.39 is 0 Å². The molecule has 3 rings (SSSR count). The Morgan fingerprint density at radius 3 is 2.64 bits per heavy atom. The van der Waals surface area contributed by atoms with Gasteiger partial charge in [-0.2, -0.15) is 0 Å². The predicted molar refractivity (Wildman–Crippen MR) is 95.8 cm³/mol. The minimum atomic E-state index is -0.300. The first kappa shape index (κ1) is 17.7. The highest BCUT2D eigenvalue weighted by Gasteiger charge is 2.25. The van der Waals surface area contributed by atoms with E-state index in [2.05, 4.69) is 10.2 Å². The molecule has 0 radical (unpaired) electrons. The van der Waals surface area contributed by atoms with Gasteiger partial charge in [0.15, 0.2) is 0 Å². The zero-order valence-electron chi connectivity index (χ0n) is 14.6. The summed E-state index contributed by atoms with van der Waals surface area (Å²) >= 11 is 0. The van der Waals surface area contributed by atoms with Crippen LogP contribution >= 0.6 is 0 Å². The minimum absolute atomic E-state index is 0.00264. The summed E-state index contributed by atoms with van der Waals surface area (Å²) < 4.78 is 0. The first-order valence-electron chi connectivity index (χ1n) is 8.93. The van der Waals surface area contributed by atoms with Crippen LogP contribution in [0, 0.1) is 0 Å². The predicted octanol–water partition coefficient (Wildman–Crippen LogP) is 0.745. The van der Waals surface area contributed by atoms with Gasteiger partial charge in [0.25, 0.3) is 5.91 Å². The smallest absolute Gasteiger partial charge is 0.321 e. The molecule has 7 heteroatoms. The average molecular weight is 346 g/mol. The van der Waals surface area contributed by atoms with Gasteiger partial charge in [0.2, 0.25) is 0 Å². The fourth-order valence-electron chi connectivity index (χ4n) is 3.27. The van der Waals surface area contributed by atoms with Crippen LogP contribution in [0.15, 0.2) is 24.3 Å². The van der Waals surface area contributed by atoms with Gasteiger partial charge in [0, 0.05) is 57.1 Å². The van der Waals surface area contributed by atoms with Crippen molar-refractivity contribution in [2.75, 3.05) is 50.7 Å². The van der Waals surface area contributed by atoms with Gasteiger partial charge in [-0.15, -0.1) is 0 Å². The third kappa shape index (κ3) is 4.11. The second-order valence-corrected chi connectivity index (χ2v) is 6.59. The number of β-amino-alcohol motifs (C(OH)–C–C–N with tert-alkyl or cyclic N) is 1. The molecule has 1 unspecified atom stereocenters. The van der Waals surface area contributed by atoms with Crippen LogP contribution in [0.3, 0.4) is 0 Å². The molecule has 3 amide bonds. The molecule has 2 N–H and O–H groups in total. The number of hydrogen-bond donors (Lipinski definition) is 2. The van der Waals surface area contributed by atoms with E-state index >= 15 is 0 Å². The number of piperazine rings is 1. The van der Waals surface area contributed by atoms with Gasteiger partial charge in [-0.25, -0.2) is 4.79 Å². The van der Waals surface area contributed by atoms with Crippen LogP contribution in [0.5, 0.6) is 0 Å². The number of benzene rings is 1. The van der Waals surface area contributed by atoms with E-state index in [0.29, 0.717) is 38.3 Å². The standard InChI is InChI=1S/C18H26N4O3/c1-2-16(23)13-20-8-10-21(11-9-20)17(24)14-4-3-5-15(12-14)22-7-6-19-18(22)25/h3-5,12,16,23H,2,6-11,13H2,1H3,(H,19,25). The fourth-order valence-corrected chi connectivity index (χ4v) is 3.27. The molecule has 1 atom stereocenters. The SMILES string of the molecule is CCC(O)CN1CCN(C(=O)c2cccc(N3CCNC3=O)c2)CC1. The number of amides is 3. The number of carbonyl (C=O) groups is 2. The molecule has 25 heavy (non-hydrogen) atoms. The van der Waals surface area contributed by atoms with Crippen molar-refractivity contribution >= 4 is 17.6 Å². The first-order valence-corrected chi connectivity index (χ1v) is 8.93. The lowest BCUT2D eigenvalue weighted by molar-refractivity contribution is 0.0523. The topological polar surface area (TPSA) is 76.1 Å². The van der Waals surface area contributed by atoms with Crippen molar-refractivity contribution in [1.29, 1.82) is 0 Å². The Kier molecular flexibility index (Phi) is 5.55. The van der Waals surface area contributed by atoms with Crippen LogP contribution < -0.4 is 10.2 Å². The Morgan fingerprint density at radius 1 is 1.24 bits per heavy atom. The summed E-state index contributed by atoms with van der Waals surface area (Å²) in [5, 5.41) is 12.5. The lowest BCUT2D eigenvalue weighted by Gasteiger charge is -2.35. The Bertz CT molecular complexity index is 629. The van der Waals surface area contributed by atoms with E-state index in [4.69, 9.17) is 0 Å². The number of aliphatic hydroxyl groups excluding tert-OH is 1. The van der Waals surface area contributed by atoms with Crippen LogP contribution in [-0.2, 0) is 0 Å². The average Bonchev–Trinajstić information content (AvgIpc) is 3.08. The van der Waals surface area contributed by atoms with Gasteiger partial charge in [0.1, 0.15) is 0 Å². The van der Waals surface area contributed by atoms with E-state index in [1.165, 1.54) is 0 Å². The molecule has 2 fully saturated rings. The third-order valence-corrected chi connectivity index (χ3v) is 4.86. The number of aliphatic hydroxyl groups is 1. The molecule has 2 aliphatic rings. The van der Waals surface area contributed by atoms with Crippen molar-refractivity contribution in [2.24, 2.45) is 0 Å². The molecule has 0 bridgehead atoms. The zero-order chi connectivity index (χ0) is 17.8. The molecular formula is C18H26N4O3. The monoisotopic (exact) mass is 346 g/mol. The molecule has 0 saturated carbocycles. The van der Waals surface area contributed by atoms with Gasteiger partial charge in [0.05, 0.1) is 6.10 Å². The molecule has 2 aliphatic heterocycles. The fraction of sp³-hybridized carbons (Fsp3) is 0.556. The maximum atomic E-state index is 12.8. The quantitative estimate of drug-likeness (QED) is 0.825. The van der Waals surface area contributed by atoms with E-state index in [0.717, 1.165) is 25.2 Å². The highest BCUT2D eigenvalue weighted by molar-refractivity contribution is 5.98. The molecule has 2 saturated heterocycles. The number of urea groups is 1. The first-order chi connectivity index (χ1) is 12.1. The van der Waals surface area contributed by atoms with Crippen LogP contribution in [-0.4, -0.2) is 78.8 Å². The maximum absolute atomic E-state index is 12.8. The van der Waals surface area contributed by atoms with Gasteiger partial charge < -0.3 is 15.3 Å². The Morgan fingerprint density at radius 2 is 2.00 bits per heavy atom. The maximum Gasteiger partial charge on any atom is 0.321 e. The van der Waals surface area contributed by atoms with Crippen LogP contribution in [0.1, 0.15) is 23.7 Å². The van der Waals surface area contributed by atoms with Gasteiger partial charge in [-0.3, -0.25) is 14.6 Å². The van der Waals surface area contributed by atoms with Crippen molar-refractivity contribution in [2.45, 2.75) is 19.4 Å². The number of rotatable bonds is 5. The number of hydrogen-bond acceptors (Lipinski definition) is 4. The Hall–Kier alpha value is -2.12. The number of carbonyl (C=O) groups excluding carboxylic acids is 2. The van der Waals surface area contributed by atoms with Crippen LogP contribution in [0.2, 0.25) is 0 Å². The van der Waals surface area contributed by atoms with Crippen LogP contribution in [0.25, 0.3) is 0 Å². The van der Waals surface area contributed by atoms with E-state index in [9.17, 15) is 14.7 Å². The highest BCUT2D eigenvalue weighted by Crippen LogP contribution is 2.19. The normalized spacial score (nSPS) is 19.8. The molecule has 7 nitrogen and oxygen atoms in total. The zero-order valence-corrected chi connectivity index (χ0v) is 14.6. The highest BCUT2D eigenvalue weighted by atomic mass is 16.3. The third-order valence-electron chi connectivity index (χ3n) is 4.86. The van der Waals surface area contributed by atoms with Crippen molar-refractivity contribution in [3.05, 3.63) is 29.8 Å². The molecule has 1 aromatic carbocycles. The van der Waals surface area contributed by atoms with E-state index in [1.54, 1.807) is 17.0 Å². The molecule has 1 aromatic rings. The lowest BCUT2D eigenvalue weighted by Crippen LogP contribution is -2.50. The molecule has 136 valence electrons. The summed E-state index contributed by atoms with van der Waals surface area (Å²) in [7, 11) is 0. The number of nitrogens with one attached hydrogen (secondary N) is 1. The van der Waals surface area contributed by atoms with Gasteiger partial charge in [-0.05, 0) is 24.6 Å². The van der Waals surface area contributed by atoms with Crippen molar-refractivity contribution in [3.8, 4) is 0 Å². The van der Waals surface area contributed by atoms with Gasteiger partial charge in [-0.1, -0.05) is 13.0 Å². The number of anilines is 1. The summed E-state index contributed by atoms with van der Waals surface area (Å²) in [5.41, 5.74) is 1.37. The summed E-state index contributed by atoms with van der Waals surface area (Å²) in [5.74, 6) is -0.00264. The molecule has 2 heterocycles. The summed E-state index contributed by atoms with van der Waals surface area (Å²) in [6.45, 7) is 6.75. The van der Waals surface area contributed by atoms with E-state index in [-0.39, 0.29) is 18.0 Å². The van der Waals surface area contributed by atoms with Crippen LogP contribution in [0.4, 0.5) is 10.5 Å². The molecule has 0 spiro atoms. The summed E-state index contributed by atoms with van der Waals surface area (Å²) in [6, 6.07) is 7.15. The Balaban J connectivity index is 1.61. The number of nitrogens with zero attached hydrogens (tertiary/aromatic N) is 3.